The van der Waals surface area contributed by atoms with Crippen molar-refractivity contribution < 1.29 is 4.43 Å². The highest BCUT2D eigenvalue weighted by molar-refractivity contribution is 6.74. The van der Waals surface area contributed by atoms with E-state index >= 15 is 0 Å². The molecule has 0 aliphatic rings. The zero-order valence-corrected chi connectivity index (χ0v) is 15.3. The minimum Gasteiger partial charge on any atom is -0.417 e. The molecule has 0 bridgehead atoms. The van der Waals surface area contributed by atoms with Crippen molar-refractivity contribution in [3.8, 4) is 24.2 Å². The van der Waals surface area contributed by atoms with E-state index in [-0.39, 0.29) is 0 Å². The van der Waals surface area contributed by atoms with E-state index in [1.807, 2.05) is 0 Å². The smallest absolute Gasteiger partial charge is 0.191 e. The standard InChI is InChI=1S/C18H32OSi/c1-8-9-10-11-12-13-14-17(2)15-16-19-20(6,7)18(3,4)5/h1,17H,9-10,13-16H2,2-7H3/t17-/m0/s1. The average Bonchev–Trinajstić information content (AvgIpc) is 2.32. The SMILES string of the molecule is C#CCCC#CCC[C@H](C)CCO[Si](C)(C)C(C)(C)C. The maximum Gasteiger partial charge on any atom is 0.191 e. The maximum atomic E-state index is 6.20. The van der Waals surface area contributed by atoms with E-state index in [1.54, 1.807) is 0 Å². The Balaban J connectivity index is 3.81. The Hall–Kier alpha value is -0.703. The molecule has 0 N–H and O–H groups in total. The first kappa shape index (κ1) is 19.3. The molecule has 0 unspecified atom stereocenters. The van der Waals surface area contributed by atoms with Crippen molar-refractivity contribution in [1.29, 1.82) is 0 Å². The van der Waals surface area contributed by atoms with Gasteiger partial charge in [0.1, 0.15) is 0 Å². The summed E-state index contributed by atoms with van der Waals surface area (Å²) in [7, 11) is -1.57. The quantitative estimate of drug-likeness (QED) is 0.354. The van der Waals surface area contributed by atoms with Crippen LogP contribution in [0.3, 0.4) is 0 Å². The molecule has 0 aliphatic heterocycles. The first-order valence-electron chi connectivity index (χ1n) is 7.74. The molecule has 0 rings (SSSR count). The van der Waals surface area contributed by atoms with Crippen molar-refractivity contribution in [3.05, 3.63) is 0 Å². The van der Waals surface area contributed by atoms with Crippen molar-refractivity contribution in [2.24, 2.45) is 5.92 Å². The van der Waals surface area contributed by atoms with Crippen LogP contribution in [0.15, 0.2) is 0 Å². The Labute approximate surface area is 128 Å². The third kappa shape index (κ3) is 8.46. The highest BCUT2D eigenvalue weighted by Crippen LogP contribution is 2.36. The molecule has 0 aromatic heterocycles. The second-order valence-corrected chi connectivity index (χ2v) is 11.9. The third-order valence-electron chi connectivity index (χ3n) is 4.16. The number of unbranched alkanes of at least 4 members (excludes halogenated alkanes) is 1. The molecule has 20 heavy (non-hydrogen) atoms. The normalized spacial score (nSPS) is 13.2. The highest BCUT2D eigenvalue weighted by Gasteiger charge is 2.36. The summed E-state index contributed by atoms with van der Waals surface area (Å²) in [4.78, 5) is 0. The first-order chi connectivity index (χ1) is 9.20. The molecule has 0 spiro atoms. The summed E-state index contributed by atoms with van der Waals surface area (Å²) < 4.78 is 6.20. The lowest BCUT2D eigenvalue weighted by molar-refractivity contribution is 0.257. The first-order valence-corrected chi connectivity index (χ1v) is 10.6. The average molecular weight is 293 g/mol. The Morgan fingerprint density at radius 3 is 2.20 bits per heavy atom. The molecule has 114 valence electrons. The Bertz CT molecular complexity index is 360. The molecule has 0 saturated carbocycles. The molecular formula is C18H32OSi. The van der Waals surface area contributed by atoms with Crippen LogP contribution in [-0.2, 0) is 4.43 Å². The summed E-state index contributed by atoms with van der Waals surface area (Å²) in [6, 6.07) is 0. The van der Waals surface area contributed by atoms with Gasteiger partial charge in [0, 0.05) is 25.9 Å². The van der Waals surface area contributed by atoms with E-state index in [1.165, 1.54) is 0 Å². The van der Waals surface area contributed by atoms with Gasteiger partial charge < -0.3 is 4.43 Å². The van der Waals surface area contributed by atoms with Crippen LogP contribution in [0.1, 0.15) is 59.8 Å². The predicted octanol–water partition coefficient (Wildman–Crippen LogP) is 5.23. The summed E-state index contributed by atoms with van der Waals surface area (Å²) in [5.74, 6) is 9.62. The van der Waals surface area contributed by atoms with Crippen molar-refractivity contribution in [3.63, 3.8) is 0 Å². The van der Waals surface area contributed by atoms with E-state index in [0.29, 0.717) is 11.0 Å². The molecule has 0 saturated heterocycles. The van der Waals surface area contributed by atoms with Crippen LogP contribution in [-0.4, -0.2) is 14.9 Å². The highest BCUT2D eigenvalue weighted by atomic mass is 28.4. The van der Waals surface area contributed by atoms with E-state index in [0.717, 1.165) is 38.7 Å². The maximum absolute atomic E-state index is 6.20. The summed E-state index contributed by atoms with van der Waals surface area (Å²) >= 11 is 0. The summed E-state index contributed by atoms with van der Waals surface area (Å²) in [6.45, 7) is 14.7. The fourth-order valence-electron chi connectivity index (χ4n) is 1.51. The van der Waals surface area contributed by atoms with Gasteiger partial charge in [-0.25, -0.2) is 0 Å². The summed E-state index contributed by atoms with van der Waals surface area (Å²) in [5, 5.41) is 0.304. The van der Waals surface area contributed by atoms with E-state index in [9.17, 15) is 0 Å². The molecule has 0 amide bonds. The van der Waals surface area contributed by atoms with Gasteiger partial charge in [-0.05, 0) is 36.9 Å². The molecule has 0 aromatic carbocycles. The number of terminal acetylenes is 1. The topological polar surface area (TPSA) is 9.23 Å². The van der Waals surface area contributed by atoms with Crippen LogP contribution in [0.2, 0.25) is 18.1 Å². The molecule has 1 atom stereocenters. The fourth-order valence-corrected chi connectivity index (χ4v) is 2.57. The van der Waals surface area contributed by atoms with Gasteiger partial charge in [0.05, 0.1) is 0 Å². The molecular weight excluding hydrogens is 260 g/mol. The van der Waals surface area contributed by atoms with Gasteiger partial charge in [0.15, 0.2) is 8.32 Å². The van der Waals surface area contributed by atoms with Crippen LogP contribution >= 0.6 is 0 Å². The molecule has 2 heteroatoms. The minimum absolute atomic E-state index is 0.304. The second kappa shape index (κ2) is 9.27. The number of rotatable bonds is 7. The van der Waals surface area contributed by atoms with Crippen LogP contribution in [0, 0.1) is 30.1 Å². The molecule has 0 heterocycles. The largest absolute Gasteiger partial charge is 0.417 e. The van der Waals surface area contributed by atoms with Crippen molar-refractivity contribution in [2.45, 2.75) is 77.9 Å². The molecule has 0 aliphatic carbocycles. The van der Waals surface area contributed by atoms with E-state index < -0.39 is 8.32 Å². The fraction of sp³-hybridized carbons (Fsp3) is 0.778. The zero-order valence-electron chi connectivity index (χ0n) is 14.3. The monoisotopic (exact) mass is 292 g/mol. The van der Waals surface area contributed by atoms with Gasteiger partial charge in [-0.1, -0.05) is 27.7 Å². The van der Waals surface area contributed by atoms with Gasteiger partial charge in [0.25, 0.3) is 0 Å². The van der Waals surface area contributed by atoms with Crippen molar-refractivity contribution >= 4 is 8.32 Å². The van der Waals surface area contributed by atoms with Crippen LogP contribution in [0.5, 0.6) is 0 Å². The molecule has 0 aromatic rings. The van der Waals surface area contributed by atoms with Crippen molar-refractivity contribution in [2.75, 3.05) is 6.61 Å². The van der Waals surface area contributed by atoms with E-state index in [4.69, 9.17) is 10.8 Å². The van der Waals surface area contributed by atoms with Gasteiger partial charge >= 0.3 is 0 Å². The number of hydrogen-bond acceptors (Lipinski definition) is 1. The lowest BCUT2D eigenvalue weighted by atomic mass is 10.0. The van der Waals surface area contributed by atoms with Crippen LogP contribution in [0.25, 0.3) is 0 Å². The minimum atomic E-state index is -1.57. The summed E-state index contributed by atoms with van der Waals surface area (Å²) in [5.41, 5.74) is 0. The Kier molecular flexibility index (Phi) is 8.95. The number of hydrogen-bond donors (Lipinski definition) is 0. The van der Waals surface area contributed by atoms with Crippen LogP contribution in [0.4, 0.5) is 0 Å². The predicted molar refractivity (Wildman–Crippen MR) is 92.0 cm³/mol. The third-order valence-corrected chi connectivity index (χ3v) is 8.70. The van der Waals surface area contributed by atoms with E-state index in [2.05, 4.69) is 58.6 Å². The summed E-state index contributed by atoms with van der Waals surface area (Å²) in [6.07, 6.45) is 10.1. The molecule has 0 radical (unpaired) electrons. The molecule has 0 fully saturated rings. The van der Waals surface area contributed by atoms with Gasteiger partial charge in [0.2, 0.25) is 0 Å². The second-order valence-electron chi connectivity index (χ2n) is 7.10. The Morgan fingerprint density at radius 1 is 1.05 bits per heavy atom. The Morgan fingerprint density at radius 2 is 1.65 bits per heavy atom. The van der Waals surface area contributed by atoms with Gasteiger partial charge in [-0.3, -0.25) is 0 Å². The molecule has 1 nitrogen and oxygen atoms in total. The van der Waals surface area contributed by atoms with Gasteiger partial charge in [-0.15, -0.1) is 24.2 Å². The van der Waals surface area contributed by atoms with Gasteiger partial charge in [-0.2, -0.15) is 0 Å². The lowest BCUT2D eigenvalue weighted by Gasteiger charge is -2.36. The van der Waals surface area contributed by atoms with Crippen LogP contribution < -0.4 is 0 Å². The zero-order chi connectivity index (χ0) is 15.6. The van der Waals surface area contributed by atoms with Crippen molar-refractivity contribution in [1.82, 2.24) is 0 Å². The lowest BCUT2D eigenvalue weighted by Crippen LogP contribution is -2.41.